The number of rotatable bonds is 3. The van der Waals surface area contributed by atoms with Crippen molar-refractivity contribution in [2.45, 2.75) is 18.6 Å². The van der Waals surface area contributed by atoms with Crippen LogP contribution in [-0.2, 0) is 9.53 Å². The Labute approximate surface area is 117 Å². The molecule has 0 bridgehead atoms. The molecule has 3 rings (SSSR count). The maximum absolute atomic E-state index is 11.6. The van der Waals surface area contributed by atoms with Crippen LogP contribution in [0.2, 0.25) is 0 Å². The van der Waals surface area contributed by atoms with Gasteiger partial charge in [0.2, 0.25) is 5.91 Å². The zero-order valence-electron chi connectivity index (χ0n) is 11.3. The molecule has 1 fully saturated rings. The van der Waals surface area contributed by atoms with E-state index in [0.717, 1.165) is 16.7 Å². The number of carbonyl (C=O) groups is 1. The van der Waals surface area contributed by atoms with E-state index in [0.29, 0.717) is 13.0 Å². The number of nitrogens with two attached hydrogens (primary N) is 1. The molecule has 2 atom stereocenters. The van der Waals surface area contributed by atoms with Crippen molar-refractivity contribution in [3.8, 4) is 0 Å². The van der Waals surface area contributed by atoms with E-state index in [9.17, 15) is 4.79 Å². The zero-order chi connectivity index (χ0) is 14.1. The fraction of sp³-hybridized carbons (Fsp3) is 0.333. The number of pyridine rings is 1. The van der Waals surface area contributed by atoms with Crippen molar-refractivity contribution in [3.63, 3.8) is 0 Å². The van der Waals surface area contributed by atoms with Crippen LogP contribution in [0.5, 0.6) is 0 Å². The first kappa shape index (κ1) is 12.9. The Morgan fingerprint density at radius 3 is 2.90 bits per heavy atom. The summed E-state index contributed by atoms with van der Waals surface area (Å²) >= 11 is 0. The smallest absolute Gasteiger partial charge is 0.240 e. The van der Waals surface area contributed by atoms with Crippen molar-refractivity contribution in [2.24, 2.45) is 5.73 Å². The van der Waals surface area contributed by atoms with E-state index >= 15 is 0 Å². The van der Waals surface area contributed by atoms with Crippen molar-refractivity contribution in [1.29, 1.82) is 0 Å². The molecule has 2 aromatic rings. The SMILES string of the molecule is CO[C@H]1C[C@@H](C(N)=O)N(c2ccc3ccccc3n2)C1. The summed E-state index contributed by atoms with van der Waals surface area (Å²) in [6.07, 6.45) is 0.626. The fourth-order valence-electron chi connectivity index (χ4n) is 2.71. The normalized spacial score (nSPS) is 22.4. The van der Waals surface area contributed by atoms with Gasteiger partial charge in [0, 0.05) is 25.5 Å². The largest absolute Gasteiger partial charge is 0.380 e. The molecule has 1 aromatic heterocycles. The molecule has 20 heavy (non-hydrogen) atoms. The lowest BCUT2D eigenvalue weighted by Gasteiger charge is -2.23. The van der Waals surface area contributed by atoms with Crippen LogP contribution in [-0.4, -0.2) is 36.7 Å². The zero-order valence-corrected chi connectivity index (χ0v) is 11.3. The molecule has 104 valence electrons. The molecular formula is C15H17N3O2. The third kappa shape index (κ3) is 2.20. The van der Waals surface area contributed by atoms with Gasteiger partial charge in [0.1, 0.15) is 11.9 Å². The van der Waals surface area contributed by atoms with Gasteiger partial charge in [-0.05, 0) is 18.2 Å². The first-order valence-electron chi connectivity index (χ1n) is 6.63. The number of primary amides is 1. The summed E-state index contributed by atoms with van der Waals surface area (Å²) in [4.78, 5) is 18.2. The molecule has 0 spiro atoms. The second-order valence-electron chi connectivity index (χ2n) is 5.03. The standard InChI is InChI=1S/C15H17N3O2/c1-20-11-8-13(15(16)19)18(9-11)14-7-6-10-4-2-3-5-12(10)17-14/h2-7,11,13H,8-9H2,1H3,(H2,16,19)/t11-,13-/m0/s1. The Morgan fingerprint density at radius 1 is 1.35 bits per heavy atom. The number of aromatic nitrogens is 1. The highest BCUT2D eigenvalue weighted by molar-refractivity contribution is 5.85. The highest BCUT2D eigenvalue weighted by atomic mass is 16.5. The van der Waals surface area contributed by atoms with Crippen molar-refractivity contribution < 1.29 is 9.53 Å². The van der Waals surface area contributed by atoms with Crippen LogP contribution in [0, 0.1) is 0 Å². The van der Waals surface area contributed by atoms with Crippen LogP contribution in [0.1, 0.15) is 6.42 Å². The molecule has 5 heteroatoms. The number of fused-ring (bicyclic) bond motifs is 1. The summed E-state index contributed by atoms with van der Waals surface area (Å²) in [6.45, 7) is 0.634. The Kier molecular flexibility index (Phi) is 3.28. The van der Waals surface area contributed by atoms with Crippen molar-refractivity contribution >= 4 is 22.6 Å². The van der Waals surface area contributed by atoms with Crippen molar-refractivity contribution in [2.75, 3.05) is 18.6 Å². The average Bonchev–Trinajstić information content (AvgIpc) is 2.91. The molecule has 0 saturated carbocycles. The minimum absolute atomic E-state index is 0.0146. The van der Waals surface area contributed by atoms with E-state index in [-0.39, 0.29) is 18.1 Å². The maximum atomic E-state index is 11.6. The number of para-hydroxylation sites is 1. The quantitative estimate of drug-likeness (QED) is 0.914. The van der Waals surface area contributed by atoms with Crippen LogP contribution in [0.3, 0.4) is 0 Å². The van der Waals surface area contributed by atoms with Gasteiger partial charge in [-0.1, -0.05) is 18.2 Å². The van der Waals surface area contributed by atoms with Gasteiger partial charge in [-0.25, -0.2) is 4.98 Å². The van der Waals surface area contributed by atoms with E-state index < -0.39 is 0 Å². The Balaban J connectivity index is 1.98. The molecule has 1 amide bonds. The van der Waals surface area contributed by atoms with Gasteiger partial charge in [0.25, 0.3) is 0 Å². The third-order valence-corrected chi connectivity index (χ3v) is 3.80. The maximum Gasteiger partial charge on any atom is 0.240 e. The van der Waals surface area contributed by atoms with Crippen LogP contribution in [0.4, 0.5) is 5.82 Å². The Hall–Kier alpha value is -2.14. The van der Waals surface area contributed by atoms with E-state index in [1.54, 1.807) is 7.11 Å². The minimum Gasteiger partial charge on any atom is -0.380 e. The summed E-state index contributed by atoms with van der Waals surface area (Å²) < 4.78 is 5.35. The molecule has 0 aliphatic carbocycles. The Bertz CT molecular complexity index is 644. The molecular weight excluding hydrogens is 254 g/mol. The summed E-state index contributed by atoms with van der Waals surface area (Å²) in [5, 5.41) is 1.08. The average molecular weight is 271 g/mol. The lowest BCUT2D eigenvalue weighted by Crippen LogP contribution is -2.40. The molecule has 0 unspecified atom stereocenters. The van der Waals surface area contributed by atoms with Gasteiger partial charge < -0.3 is 15.4 Å². The van der Waals surface area contributed by atoms with Gasteiger partial charge >= 0.3 is 0 Å². The molecule has 5 nitrogen and oxygen atoms in total. The lowest BCUT2D eigenvalue weighted by atomic mass is 10.2. The second-order valence-corrected chi connectivity index (χ2v) is 5.03. The van der Waals surface area contributed by atoms with Crippen molar-refractivity contribution in [3.05, 3.63) is 36.4 Å². The first-order valence-corrected chi connectivity index (χ1v) is 6.63. The highest BCUT2D eigenvalue weighted by Gasteiger charge is 2.36. The minimum atomic E-state index is -0.353. The van der Waals surface area contributed by atoms with Crippen LogP contribution < -0.4 is 10.6 Å². The number of nitrogens with zero attached hydrogens (tertiary/aromatic N) is 2. The van der Waals surface area contributed by atoms with Gasteiger partial charge in [0.05, 0.1) is 11.6 Å². The van der Waals surface area contributed by atoms with E-state index in [1.807, 2.05) is 41.3 Å². The topological polar surface area (TPSA) is 68.5 Å². The number of anilines is 1. The van der Waals surface area contributed by atoms with E-state index in [2.05, 4.69) is 4.98 Å². The molecule has 2 N–H and O–H groups in total. The summed E-state index contributed by atoms with van der Waals surface area (Å²) in [5.74, 6) is 0.437. The fourth-order valence-corrected chi connectivity index (χ4v) is 2.71. The number of methoxy groups -OCH3 is 1. The number of ether oxygens (including phenoxy) is 1. The van der Waals surface area contributed by atoms with Gasteiger partial charge in [-0.15, -0.1) is 0 Å². The molecule has 1 aromatic carbocycles. The summed E-state index contributed by atoms with van der Waals surface area (Å²) in [7, 11) is 1.65. The van der Waals surface area contributed by atoms with Crippen LogP contribution in [0.25, 0.3) is 10.9 Å². The number of carbonyl (C=O) groups excluding carboxylic acids is 1. The highest BCUT2D eigenvalue weighted by Crippen LogP contribution is 2.27. The lowest BCUT2D eigenvalue weighted by molar-refractivity contribution is -0.119. The predicted octanol–water partition coefficient (Wildman–Crippen LogP) is 1.31. The van der Waals surface area contributed by atoms with Gasteiger partial charge in [-0.2, -0.15) is 0 Å². The van der Waals surface area contributed by atoms with Gasteiger partial charge in [0.15, 0.2) is 0 Å². The number of amides is 1. The molecule has 1 saturated heterocycles. The monoisotopic (exact) mass is 271 g/mol. The number of benzene rings is 1. The van der Waals surface area contributed by atoms with E-state index in [1.165, 1.54) is 0 Å². The van der Waals surface area contributed by atoms with Crippen molar-refractivity contribution in [1.82, 2.24) is 4.98 Å². The molecule has 1 aliphatic rings. The Morgan fingerprint density at radius 2 is 2.15 bits per heavy atom. The molecule has 2 heterocycles. The summed E-state index contributed by atoms with van der Waals surface area (Å²) in [5.41, 5.74) is 6.40. The number of hydrogen-bond acceptors (Lipinski definition) is 4. The summed E-state index contributed by atoms with van der Waals surface area (Å²) in [6, 6.07) is 11.5. The number of hydrogen-bond donors (Lipinski definition) is 1. The second kappa shape index (κ2) is 5.09. The van der Waals surface area contributed by atoms with Gasteiger partial charge in [-0.3, -0.25) is 4.79 Å². The first-order chi connectivity index (χ1) is 9.69. The molecule has 0 radical (unpaired) electrons. The van der Waals surface area contributed by atoms with Crippen LogP contribution in [0.15, 0.2) is 36.4 Å². The third-order valence-electron chi connectivity index (χ3n) is 3.80. The van der Waals surface area contributed by atoms with Crippen LogP contribution >= 0.6 is 0 Å². The predicted molar refractivity (Wildman–Crippen MR) is 77.5 cm³/mol. The molecule has 1 aliphatic heterocycles. The van der Waals surface area contributed by atoms with E-state index in [4.69, 9.17) is 10.5 Å².